The van der Waals surface area contributed by atoms with Crippen molar-refractivity contribution in [2.24, 2.45) is 13.0 Å². The number of nitrogens with one attached hydrogen (secondary N) is 2. The maximum absolute atomic E-state index is 12.1. The number of amides is 1. The molecule has 136 valence electrons. The Bertz CT molecular complexity index is 467. The van der Waals surface area contributed by atoms with E-state index in [0.29, 0.717) is 13.2 Å². The van der Waals surface area contributed by atoms with Gasteiger partial charge < -0.3 is 15.4 Å². The molecule has 0 aromatic carbocycles. The minimum absolute atomic E-state index is 0. The summed E-state index contributed by atoms with van der Waals surface area (Å²) in [5.41, 5.74) is 3.32. The van der Waals surface area contributed by atoms with Gasteiger partial charge in [-0.25, -0.2) is 0 Å². The van der Waals surface area contributed by atoms with E-state index in [1.807, 2.05) is 32.5 Å². The number of rotatable bonds is 9. The molecule has 0 saturated heterocycles. The SMILES string of the molecule is COCCNCCNC(=O)C(C)Cc1c(C)nn(C)c1C.Cl.Cl. The minimum atomic E-state index is -0.0504. The van der Waals surface area contributed by atoms with Crippen molar-refractivity contribution in [3.05, 3.63) is 17.0 Å². The molecule has 1 heterocycles. The first kappa shape index (κ1) is 24.4. The second-order valence-electron chi connectivity index (χ2n) is 5.41. The molecular weight excluding hydrogens is 339 g/mol. The zero-order chi connectivity index (χ0) is 15.8. The number of ether oxygens (including phenoxy) is 1. The fourth-order valence-corrected chi connectivity index (χ4v) is 2.26. The number of aryl methyl sites for hydroxylation is 2. The van der Waals surface area contributed by atoms with Gasteiger partial charge >= 0.3 is 0 Å². The molecule has 0 saturated carbocycles. The van der Waals surface area contributed by atoms with E-state index >= 15 is 0 Å². The lowest BCUT2D eigenvalue weighted by Gasteiger charge is -2.13. The van der Waals surface area contributed by atoms with Crippen molar-refractivity contribution in [1.29, 1.82) is 0 Å². The van der Waals surface area contributed by atoms with E-state index < -0.39 is 0 Å². The third kappa shape index (κ3) is 8.01. The van der Waals surface area contributed by atoms with Crippen LogP contribution < -0.4 is 10.6 Å². The summed E-state index contributed by atoms with van der Waals surface area (Å²) in [6.07, 6.45) is 0.731. The van der Waals surface area contributed by atoms with Gasteiger partial charge in [-0.3, -0.25) is 9.48 Å². The third-order valence-electron chi connectivity index (χ3n) is 3.70. The summed E-state index contributed by atoms with van der Waals surface area (Å²) in [6, 6.07) is 0. The lowest BCUT2D eigenvalue weighted by Crippen LogP contribution is -2.36. The van der Waals surface area contributed by atoms with Gasteiger partial charge in [0.25, 0.3) is 0 Å². The highest BCUT2D eigenvalue weighted by Gasteiger charge is 2.17. The lowest BCUT2D eigenvalue weighted by molar-refractivity contribution is -0.124. The molecule has 1 aromatic rings. The average molecular weight is 369 g/mol. The number of hydrogen-bond acceptors (Lipinski definition) is 4. The van der Waals surface area contributed by atoms with E-state index in [4.69, 9.17) is 4.74 Å². The highest BCUT2D eigenvalue weighted by molar-refractivity contribution is 5.85. The van der Waals surface area contributed by atoms with Gasteiger partial charge in [-0.2, -0.15) is 5.10 Å². The summed E-state index contributed by atoms with van der Waals surface area (Å²) in [5.74, 6) is 0.0387. The normalized spacial score (nSPS) is 11.3. The summed E-state index contributed by atoms with van der Waals surface area (Å²) in [5, 5.41) is 10.5. The monoisotopic (exact) mass is 368 g/mol. The number of carbonyl (C=O) groups excluding carboxylic acids is 1. The fourth-order valence-electron chi connectivity index (χ4n) is 2.26. The molecule has 0 bridgehead atoms. The Morgan fingerprint density at radius 2 is 1.91 bits per heavy atom. The van der Waals surface area contributed by atoms with E-state index in [1.165, 1.54) is 5.56 Å². The first-order valence-electron chi connectivity index (χ1n) is 7.43. The summed E-state index contributed by atoms with van der Waals surface area (Å²) >= 11 is 0. The van der Waals surface area contributed by atoms with Crippen LogP contribution in [-0.2, 0) is 23.0 Å². The van der Waals surface area contributed by atoms with Crippen molar-refractivity contribution in [3.8, 4) is 0 Å². The second-order valence-corrected chi connectivity index (χ2v) is 5.41. The maximum atomic E-state index is 12.1. The van der Waals surface area contributed by atoms with Gasteiger partial charge in [0.05, 0.1) is 12.3 Å². The van der Waals surface area contributed by atoms with Crippen molar-refractivity contribution in [3.63, 3.8) is 0 Å². The molecule has 0 fully saturated rings. The van der Waals surface area contributed by atoms with Crippen LogP contribution >= 0.6 is 24.8 Å². The quantitative estimate of drug-likeness (QED) is 0.646. The summed E-state index contributed by atoms with van der Waals surface area (Å²) < 4.78 is 6.81. The average Bonchev–Trinajstić information content (AvgIpc) is 2.68. The van der Waals surface area contributed by atoms with Crippen LogP contribution in [0.1, 0.15) is 23.9 Å². The Morgan fingerprint density at radius 1 is 1.26 bits per heavy atom. The molecule has 2 N–H and O–H groups in total. The summed E-state index contributed by atoms with van der Waals surface area (Å²) in [6.45, 7) is 8.87. The molecule has 1 amide bonds. The Balaban J connectivity index is 0. The molecular formula is C15H30Cl2N4O2. The van der Waals surface area contributed by atoms with Crippen LogP contribution in [0.5, 0.6) is 0 Å². The number of nitrogens with zero attached hydrogens (tertiary/aromatic N) is 2. The van der Waals surface area contributed by atoms with Crippen LogP contribution in [0.4, 0.5) is 0 Å². The summed E-state index contributed by atoms with van der Waals surface area (Å²) in [7, 11) is 3.61. The molecule has 23 heavy (non-hydrogen) atoms. The summed E-state index contributed by atoms with van der Waals surface area (Å²) in [4.78, 5) is 12.1. The first-order chi connectivity index (χ1) is 9.97. The van der Waals surface area contributed by atoms with Crippen LogP contribution in [-0.4, -0.2) is 49.0 Å². The van der Waals surface area contributed by atoms with Gasteiger partial charge in [0.1, 0.15) is 0 Å². The van der Waals surface area contributed by atoms with Gasteiger partial charge in [0.2, 0.25) is 5.91 Å². The van der Waals surface area contributed by atoms with E-state index in [9.17, 15) is 4.79 Å². The molecule has 8 heteroatoms. The topological polar surface area (TPSA) is 68.2 Å². The van der Waals surface area contributed by atoms with Gasteiger partial charge in [-0.05, 0) is 25.8 Å². The maximum Gasteiger partial charge on any atom is 0.223 e. The smallest absolute Gasteiger partial charge is 0.223 e. The number of hydrogen-bond donors (Lipinski definition) is 2. The highest BCUT2D eigenvalue weighted by Crippen LogP contribution is 2.16. The molecule has 0 aliphatic rings. The molecule has 1 rings (SSSR count). The van der Waals surface area contributed by atoms with E-state index in [-0.39, 0.29) is 36.6 Å². The zero-order valence-electron chi connectivity index (χ0n) is 14.6. The molecule has 0 aliphatic carbocycles. The number of methoxy groups -OCH3 is 1. The van der Waals surface area contributed by atoms with Crippen molar-refractivity contribution < 1.29 is 9.53 Å². The lowest BCUT2D eigenvalue weighted by atomic mass is 9.99. The molecule has 1 aromatic heterocycles. The largest absolute Gasteiger partial charge is 0.383 e. The van der Waals surface area contributed by atoms with Gasteiger partial charge in [-0.15, -0.1) is 24.8 Å². The first-order valence-corrected chi connectivity index (χ1v) is 7.43. The fraction of sp³-hybridized carbons (Fsp3) is 0.733. The number of carbonyl (C=O) groups is 1. The van der Waals surface area contributed by atoms with Crippen LogP contribution in [0.25, 0.3) is 0 Å². The van der Waals surface area contributed by atoms with E-state index in [1.54, 1.807) is 7.11 Å². The van der Waals surface area contributed by atoms with Crippen molar-refractivity contribution in [2.75, 3.05) is 33.4 Å². The van der Waals surface area contributed by atoms with Crippen molar-refractivity contribution in [2.45, 2.75) is 27.2 Å². The van der Waals surface area contributed by atoms with Crippen LogP contribution in [0, 0.1) is 19.8 Å². The predicted octanol–water partition coefficient (Wildman–Crippen LogP) is 1.41. The van der Waals surface area contributed by atoms with Crippen LogP contribution in [0.3, 0.4) is 0 Å². The van der Waals surface area contributed by atoms with Gasteiger partial charge in [-0.1, -0.05) is 6.92 Å². The molecule has 0 aliphatic heterocycles. The number of halogens is 2. The minimum Gasteiger partial charge on any atom is -0.383 e. The Hall–Kier alpha value is -0.820. The number of aromatic nitrogens is 2. The Labute approximate surface area is 151 Å². The van der Waals surface area contributed by atoms with E-state index in [2.05, 4.69) is 15.7 Å². The Kier molecular flexibility index (Phi) is 13.4. The Morgan fingerprint density at radius 3 is 2.43 bits per heavy atom. The van der Waals surface area contributed by atoms with Crippen molar-refractivity contribution in [1.82, 2.24) is 20.4 Å². The molecule has 0 radical (unpaired) electrons. The van der Waals surface area contributed by atoms with Crippen LogP contribution in [0.15, 0.2) is 0 Å². The molecule has 1 unspecified atom stereocenters. The standard InChI is InChI=1S/C15H28N4O2.2ClH/c1-11(10-14-12(2)18-19(4)13(14)3)15(20)17-7-6-16-8-9-21-5;;/h11,16H,6-10H2,1-5H3,(H,17,20);2*1H. The highest BCUT2D eigenvalue weighted by atomic mass is 35.5. The third-order valence-corrected chi connectivity index (χ3v) is 3.70. The molecule has 6 nitrogen and oxygen atoms in total. The van der Waals surface area contributed by atoms with Gasteiger partial charge in [0.15, 0.2) is 0 Å². The predicted molar refractivity (Wildman–Crippen MR) is 97.8 cm³/mol. The zero-order valence-corrected chi connectivity index (χ0v) is 16.3. The van der Waals surface area contributed by atoms with Gasteiger partial charge in [0, 0.05) is 45.4 Å². The van der Waals surface area contributed by atoms with E-state index in [0.717, 1.165) is 30.9 Å². The molecule has 1 atom stereocenters. The molecule has 0 spiro atoms. The second kappa shape index (κ2) is 12.6. The van der Waals surface area contributed by atoms with Crippen LogP contribution in [0.2, 0.25) is 0 Å². The van der Waals surface area contributed by atoms with Crippen molar-refractivity contribution >= 4 is 30.7 Å².